The van der Waals surface area contributed by atoms with Crippen molar-refractivity contribution < 1.29 is 4.79 Å². The van der Waals surface area contributed by atoms with Crippen LogP contribution in [0.25, 0.3) is 0 Å². The van der Waals surface area contributed by atoms with E-state index in [2.05, 4.69) is 51.2 Å². The summed E-state index contributed by atoms with van der Waals surface area (Å²) in [5.41, 5.74) is 3.56. The van der Waals surface area contributed by atoms with Crippen molar-refractivity contribution in [1.82, 2.24) is 10.2 Å². The molecule has 0 unspecified atom stereocenters. The number of piperazine rings is 1. The number of nitrogens with one attached hydrogen (secondary N) is 1. The third-order valence-electron chi connectivity index (χ3n) is 4.03. The van der Waals surface area contributed by atoms with E-state index in [9.17, 15) is 4.79 Å². The minimum atomic E-state index is -0.0882. The Morgan fingerprint density at radius 3 is 2.68 bits per heavy atom. The summed E-state index contributed by atoms with van der Waals surface area (Å²) in [6, 6.07) is 6.29. The normalized spacial score (nSPS) is 18.4. The molecule has 1 saturated heterocycles. The molecule has 1 fully saturated rings. The number of nitrogens with zero attached hydrogens (tertiary/aromatic N) is 1. The molecule has 1 heterocycles. The zero-order valence-electron chi connectivity index (χ0n) is 12.4. The summed E-state index contributed by atoms with van der Waals surface area (Å²) in [6.45, 7) is 11.0. The van der Waals surface area contributed by atoms with E-state index in [1.165, 1.54) is 11.1 Å². The molecule has 1 aliphatic heterocycles. The van der Waals surface area contributed by atoms with Gasteiger partial charge in [0.05, 0.1) is 6.42 Å². The molecule has 0 spiro atoms. The van der Waals surface area contributed by atoms with Gasteiger partial charge in [0.1, 0.15) is 0 Å². The molecule has 1 aliphatic rings. The molecule has 3 nitrogen and oxygen atoms in total. The van der Waals surface area contributed by atoms with E-state index in [0.717, 1.165) is 25.2 Å². The highest BCUT2D eigenvalue weighted by atomic mass is 16.2. The molecule has 1 N–H and O–H groups in total. The molecule has 0 radical (unpaired) electrons. The lowest BCUT2D eigenvalue weighted by atomic mass is 9.98. The van der Waals surface area contributed by atoms with Crippen LogP contribution in [0, 0.1) is 13.8 Å². The molecule has 0 aromatic heterocycles. The van der Waals surface area contributed by atoms with E-state index >= 15 is 0 Å². The average molecular weight is 260 g/mol. The molecule has 1 aromatic carbocycles. The first kappa shape index (κ1) is 14.1. The predicted molar refractivity (Wildman–Crippen MR) is 78.3 cm³/mol. The summed E-state index contributed by atoms with van der Waals surface area (Å²) in [7, 11) is 0. The minimum Gasteiger partial charge on any atom is -0.335 e. The Hall–Kier alpha value is -1.35. The Balaban J connectivity index is 2.09. The topological polar surface area (TPSA) is 32.3 Å². The van der Waals surface area contributed by atoms with Crippen LogP contribution in [0.15, 0.2) is 18.2 Å². The van der Waals surface area contributed by atoms with Gasteiger partial charge >= 0.3 is 0 Å². The van der Waals surface area contributed by atoms with Crippen molar-refractivity contribution in [3.05, 3.63) is 34.9 Å². The predicted octanol–water partition coefficient (Wildman–Crippen LogP) is 2.06. The van der Waals surface area contributed by atoms with Crippen LogP contribution < -0.4 is 5.32 Å². The van der Waals surface area contributed by atoms with Crippen molar-refractivity contribution in [2.24, 2.45) is 0 Å². The van der Waals surface area contributed by atoms with Crippen LogP contribution in [0.2, 0.25) is 0 Å². The number of amides is 1. The van der Waals surface area contributed by atoms with Gasteiger partial charge < -0.3 is 10.2 Å². The van der Waals surface area contributed by atoms with Crippen LogP contribution in [-0.4, -0.2) is 36.0 Å². The summed E-state index contributed by atoms with van der Waals surface area (Å²) in [6.07, 6.45) is 0.505. The van der Waals surface area contributed by atoms with Crippen molar-refractivity contribution in [2.45, 2.75) is 39.7 Å². The number of carbonyl (C=O) groups is 1. The number of hydrogen-bond donors (Lipinski definition) is 1. The van der Waals surface area contributed by atoms with Gasteiger partial charge in [-0.1, -0.05) is 18.2 Å². The first-order valence-electron chi connectivity index (χ1n) is 6.97. The monoisotopic (exact) mass is 260 g/mol. The van der Waals surface area contributed by atoms with Crippen LogP contribution in [-0.2, 0) is 11.2 Å². The number of aryl methyl sites for hydroxylation is 2. The van der Waals surface area contributed by atoms with Gasteiger partial charge in [0.25, 0.3) is 0 Å². The van der Waals surface area contributed by atoms with Crippen LogP contribution in [0.3, 0.4) is 0 Å². The van der Waals surface area contributed by atoms with Gasteiger partial charge in [-0.3, -0.25) is 4.79 Å². The molecule has 1 amide bonds. The second kappa shape index (κ2) is 5.33. The second-order valence-electron chi connectivity index (χ2n) is 6.13. The summed E-state index contributed by atoms with van der Waals surface area (Å²) >= 11 is 0. The van der Waals surface area contributed by atoms with Crippen molar-refractivity contribution >= 4 is 5.91 Å². The standard InChI is InChI=1S/C16H24N2O/c1-12-5-6-14(9-13(12)2)10-15(19)18-8-7-17-11-16(18,3)4/h5-6,9,17H,7-8,10-11H2,1-4H3. The van der Waals surface area contributed by atoms with Crippen LogP contribution in [0.1, 0.15) is 30.5 Å². The Labute approximate surface area is 116 Å². The molecular formula is C16H24N2O. The number of benzene rings is 1. The molecule has 19 heavy (non-hydrogen) atoms. The third-order valence-corrected chi connectivity index (χ3v) is 4.03. The highest BCUT2D eigenvalue weighted by Crippen LogP contribution is 2.18. The van der Waals surface area contributed by atoms with E-state index < -0.39 is 0 Å². The highest BCUT2D eigenvalue weighted by molar-refractivity contribution is 5.79. The van der Waals surface area contributed by atoms with E-state index in [1.807, 2.05) is 4.90 Å². The number of carbonyl (C=O) groups excluding carboxylic acids is 1. The van der Waals surface area contributed by atoms with Gasteiger partial charge in [-0.2, -0.15) is 0 Å². The maximum absolute atomic E-state index is 12.5. The van der Waals surface area contributed by atoms with Crippen molar-refractivity contribution in [1.29, 1.82) is 0 Å². The van der Waals surface area contributed by atoms with Gasteiger partial charge in [-0.15, -0.1) is 0 Å². The lowest BCUT2D eigenvalue weighted by Crippen LogP contribution is -2.60. The first-order valence-corrected chi connectivity index (χ1v) is 6.97. The van der Waals surface area contributed by atoms with Gasteiger partial charge in [-0.25, -0.2) is 0 Å². The fourth-order valence-corrected chi connectivity index (χ4v) is 2.63. The van der Waals surface area contributed by atoms with Gasteiger partial charge in [-0.05, 0) is 44.4 Å². The Morgan fingerprint density at radius 1 is 1.32 bits per heavy atom. The molecule has 3 heteroatoms. The maximum atomic E-state index is 12.5. The fourth-order valence-electron chi connectivity index (χ4n) is 2.63. The maximum Gasteiger partial charge on any atom is 0.227 e. The lowest BCUT2D eigenvalue weighted by Gasteiger charge is -2.43. The molecule has 0 aliphatic carbocycles. The molecule has 104 valence electrons. The Morgan fingerprint density at radius 2 is 2.05 bits per heavy atom. The SMILES string of the molecule is Cc1ccc(CC(=O)N2CCNCC2(C)C)cc1C. The average Bonchev–Trinajstić information content (AvgIpc) is 2.33. The summed E-state index contributed by atoms with van der Waals surface area (Å²) in [4.78, 5) is 14.5. The molecule has 1 aromatic rings. The first-order chi connectivity index (χ1) is 8.90. The number of hydrogen-bond acceptors (Lipinski definition) is 2. The Kier molecular flexibility index (Phi) is 3.95. The Bertz CT molecular complexity index is 480. The van der Waals surface area contributed by atoms with Crippen LogP contribution in [0.5, 0.6) is 0 Å². The van der Waals surface area contributed by atoms with Crippen molar-refractivity contribution in [3.8, 4) is 0 Å². The molecule has 2 rings (SSSR count). The van der Waals surface area contributed by atoms with Gasteiger partial charge in [0.15, 0.2) is 0 Å². The summed E-state index contributed by atoms with van der Waals surface area (Å²) in [5, 5.41) is 3.35. The minimum absolute atomic E-state index is 0.0882. The molecule has 0 bridgehead atoms. The van der Waals surface area contributed by atoms with Gasteiger partial charge in [0, 0.05) is 25.2 Å². The summed E-state index contributed by atoms with van der Waals surface area (Å²) < 4.78 is 0. The summed E-state index contributed by atoms with van der Waals surface area (Å²) in [5.74, 6) is 0.231. The zero-order valence-corrected chi connectivity index (χ0v) is 12.4. The zero-order chi connectivity index (χ0) is 14.0. The van der Waals surface area contributed by atoms with E-state index in [4.69, 9.17) is 0 Å². The van der Waals surface area contributed by atoms with E-state index in [1.54, 1.807) is 0 Å². The molecular weight excluding hydrogens is 236 g/mol. The molecule has 0 atom stereocenters. The second-order valence-corrected chi connectivity index (χ2v) is 6.13. The van der Waals surface area contributed by atoms with Crippen LogP contribution >= 0.6 is 0 Å². The fraction of sp³-hybridized carbons (Fsp3) is 0.562. The van der Waals surface area contributed by atoms with E-state index in [-0.39, 0.29) is 11.4 Å². The lowest BCUT2D eigenvalue weighted by molar-refractivity contribution is -0.136. The molecule has 0 saturated carbocycles. The van der Waals surface area contributed by atoms with E-state index in [0.29, 0.717) is 6.42 Å². The van der Waals surface area contributed by atoms with Gasteiger partial charge in [0.2, 0.25) is 5.91 Å². The van der Waals surface area contributed by atoms with Crippen LogP contribution in [0.4, 0.5) is 0 Å². The largest absolute Gasteiger partial charge is 0.335 e. The quantitative estimate of drug-likeness (QED) is 0.882. The van der Waals surface area contributed by atoms with Crippen molar-refractivity contribution in [3.63, 3.8) is 0 Å². The van der Waals surface area contributed by atoms with Crippen molar-refractivity contribution in [2.75, 3.05) is 19.6 Å². The third kappa shape index (κ3) is 3.16. The highest BCUT2D eigenvalue weighted by Gasteiger charge is 2.32. The number of rotatable bonds is 2. The smallest absolute Gasteiger partial charge is 0.227 e.